The molecule has 1 heterocycles. The number of hydrogen-bond donors (Lipinski definition) is 1. The van der Waals surface area contributed by atoms with Gasteiger partial charge in [0.1, 0.15) is 11.9 Å². The third-order valence-electron chi connectivity index (χ3n) is 3.40. The van der Waals surface area contributed by atoms with Crippen molar-refractivity contribution in [3.05, 3.63) is 34.1 Å². The smallest absolute Gasteiger partial charge is 0.258 e. The van der Waals surface area contributed by atoms with Crippen LogP contribution in [0.5, 0.6) is 0 Å². The van der Waals surface area contributed by atoms with Crippen LogP contribution in [-0.4, -0.2) is 37.5 Å². The molecule has 0 amide bonds. The van der Waals surface area contributed by atoms with Crippen LogP contribution in [0, 0.1) is 12.7 Å². The summed E-state index contributed by atoms with van der Waals surface area (Å²) in [5.41, 5.74) is 0.525. The molecule has 1 saturated heterocycles. The second-order valence-electron chi connectivity index (χ2n) is 4.66. The zero-order valence-corrected chi connectivity index (χ0v) is 13.8. The van der Waals surface area contributed by atoms with E-state index in [0.29, 0.717) is 31.7 Å². The molecule has 0 aromatic heterocycles. The first kappa shape index (κ1) is 20.8. The molecule has 2 nitrogen and oxygen atoms in total. The number of nitrogens with zero attached hydrogens (tertiary/aromatic N) is 1. The van der Waals surface area contributed by atoms with Crippen LogP contribution >= 0.6 is 36.4 Å². The molecule has 1 atom stereocenters. The van der Waals surface area contributed by atoms with Crippen LogP contribution < -0.4 is 5.32 Å². The fraction of sp³-hybridized carbons (Fsp3) is 0.538. The first-order valence-electron chi connectivity index (χ1n) is 6.19. The van der Waals surface area contributed by atoms with E-state index < -0.39 is 18.3 Å². The van der Waals surface area contributed by atoms with Gasteiger partial charge in [-0.1, -0.05) is 17.7 Å². The fourth-order valence-electron chi connectivity index (χ4n) is 2.38. The molecule has 2 rings (SSSR count). The maximum Gasteiger partial charge on any atom is 0.258 e. The number of nitrogens with one attached hydrogen (secondary N) is 1. The molecule has 1 aliphatic heterocycles. The summed E-state index contributed by atoms with van der Waals surface area (Å²) in [6.45, 7) is 3.84. The van der Waals surface area contributed by atoms with Gasteiger partial charge in [-0.25, -0.2) is 13.2 Å². The summed E-state index contributed by atoms with van der Waals surface area (Å²) in [4.78, 5) is 1.59. The highest BCUT2D eigenvalue weighted by atomic mass is 35.5. The highest BCUT2D eigenvalue weighted by molar-refractivity contribution is 6.32. The van der Waals surface area contributed by atoms with Crippen molar-refractivity contribution in [3.63, 3.8) is 0 Å². The Morgan fingerprint density at radius 1 is 1.19 bits per heavy atom. The molecule has 1 aliphatic rings. The van der Waals surface area contributed by atoms with E-state index in [-0.39, 0.29) is 35.4 Å². The molecule has 1 N–H and O–H groups in total. The minimum Gasteiger partial charge on any atom is -0.314 e. The largest absolute Gasteiger partial charge is 0.314 e. The highest BCUT2D eigenvalue weighted by Crippen LogP contribution is 2.36. The summed E-state index contributed by atoms with van der Waals surface area (Å²) >= 11 is 6.04. The quantitative estimate of drug-likeness (QED) is 0.875. The van der Waals surface area contributed by atoms with Crippen LogP contribution in [0.1, 0.15) is 17.2 Å². The van der Waals surface area contributed by atoms with Gasteiger partial charge in [-0.15, -0.1) is 24.8 Å². The Labute approximate surface area is 139 Å². The number of hydrogen-bond acceptors (Lipinski definition) is 2. The Morgan fingerprint density at radius 2 is 1.76 bits per heavy atom. The lowest BCUT2D eigenvalue weighted by Crippen LogP contribution is -2.47. The minimum atomic E-state index is -2.67. The van der Waals surface area contributed by atoms with E-state index in [1.54, 1.807) is 11.8 Å². The lowest BCUT2D eigenvalue weighted by molar-refractivity contribution is 0.0164. The van der Waals surface area contributed by atoms with E-state index in [2.05, 4.69) is 5.32 Å². The first-order chi connectivity index (χ1) is 9.02. The van der Waals surface area contributed by atoms with Crippen LogP contribution in [0.25, 0.3) is 0 Å². The molecular formula is C13H18Cl3F3N2. The molecule has 122 valence electrons. The van der Waals surface area contributed by atoms with Crippen molar-refractivity contribution in [1.29, 1.82) is 0 Å². The Morgan fingerprint density at radius 3 is 2.29 bits per heavy atom. The normalized spacial score (nSPS) is 17.0. The van der Waals surface area contributed by atoms with Gasteiger partial charge in [0.25, 0.3) is 6.43 Å². The average Bonchev–Trinajstić information content (AvgIpc) is 2.39. The molecule has 0 spiro atoms. The van der Waals surface area contributed by atoms with Crippen molar-refractivity contribution in [1.82, 2.24) is 10.2 Å². The van der Waals surface area contributed by atoms with Crippen molar-refractivity contribution >= 4 is 36.4 Å². The summed E-state index contributed by atoms with van der Waals surface area (Å²) in [6, 6.07) is 1.42. The van der Waals surface area contributed by atoms with Crippen molar-refractivity contribution in [2.75, 3.05) is 26.2 Å². The average molecular weight is 366 g/mol. The summed E-state index contributed by atoms with van der Waals surface area (Å²) in [7, 11) is 0. The lowest BCUT2D eigenvalue weighted by Gasteiger charge is -2.35. The van der Waals surface area contributed by atoms with Crippen LogP contribution in [0.3, 0.4) is 0 Å². The number of piperazine rings is 1. The summed E-state index contributed by atoms with van der Waals surface area (Å²) in [6.07, 6.45) is -2.67. The van der Waals surface area contributed by atoms with E-state index >= 15 is 0 Å². The molecular weight excluding hydrogens is 348 g/mol. The fourth-order valence-corrected chi connectivity index (χ4v) is 2.64. The first-order valence-corrected chi connectivity index (χ1v) is 6.57. The molecule has 1 fully saturated rings. The van der Waals surface area contributed by atoms with Gasteiger partial charge in [-0.3, -0.25) is 4.90 Å². The number of alkyl halides is 2. The Kier molecular flexibility index (Phi) is 8.97. The van der Waals surface area contributed by atoms with Crippen molar-refractivity contribution in [2.24, 2.45) is 0 Å². The molecule has 0 radical (unpaired) electrons. The molecule has 8 heteroatoms. The maximum absolute atomic E-state index is 13.9. The molecule has 1 aromatic rings. The molecule has 0 aliphatic carbocycles. The van der Waals surface area contributed by atoms with Crippen molar-refractivity contribution in [2.45, 2.75) is 19.4 Å². The van der Waals surface area contributed by atoms with Gasteiger partial charge < -0.3 is 5.32 Å². The Hall–Kier alpha value is -0.200. The van der Waals surface area contributed by atoms with Crippen molar-refractivity contribution < 1.29 is 13.2 Å². The van der Waals surface area contributed by atoms with E-state index in [1.807, 2.05) is 0 Å². The highest BCUT2D eigenvalue weighted by Gasteiger charge is 2.34. The van der Waals surface area contributed by atoms with E-state index in [0.717, 1.165) is 0 Å². The van der Waals surface area contributed by atoms with Gasteiger partial charge in [0.05, 0.1) is 5.02 Å². The standard InChI is InChI=1S/C13H16ClF3N2.2ClH/c1-8-2-3-9(15)10(11(8)14)12(13(16)17)19-6-4-18-5-7-19;;/h2-3,12-13,18H,4-7H2,1H3;2*1H/t12-;;/m1../s1. The molecule has 0 unspecified atom stereocenters. The number of aryl methyl sites for hydroxylation is 1. The number of rotatable bonds is 3. The second kappa shape index (κ2) is 9.06. The zero-order valence-electron chi connectivity index (χ0n) is 11.4. The summed E-state index contributed by atoms with van der Waals surface area (Å²) in [5.74, 6) is -0.667. The number of halogens is 6. The lowest BCUT2D eigenvalue weighted by atomic mass is 10.0. The monoisotopic (exact) mass is 364 g/mol. The van der Waals surface area contributed by atoms with E-state index in [1.165, 1.54) is 12.1 Å². The van der Waals surface area contributed by atoms with Crippen LogP contribution in [0.15, 0.2) is 12.1 Å². The van der Waals surface area contributed by atoms with Gasteiger partial charge in [-0.2, -0.15) is 0 Å². The van der Waals surface area contributed by atoms with Crippen molar-refractivity contribution in [3.8, 4) is 0 Å². The van der Waals surface area contributed by atoms with Gasteiger partial charge >= 0.3 is 0 Å². The summed E-state index contributed by atoms with van der Waals surface area (Å²) in [5, 5.41) is 3.19. The Bertz CT molecular complexity index is 455. The van der Waals surface area contributed by atoms with Gasteiger partial charge in [0, 0.05) is 31.7 Å². The topological polar surface area (TPSA) is 15.3 Å². The predicted molar refractivity (Wildman–Crippen MR) is 83.8 cm³/mol. The minimum absolute atomic E-state index is 0. The van der Waals surface area contributed by atoms with E-state index in [9.17, 15) is 13.2 Å². The third kappa shape index (κ3) is 4.63. The molecule has 0 bridgehead atoms. The Balaban J connectivity index is 0.00000200. The predicted octanol–water partition coefficient (Wildman–Crippen LogP) is 3.84. The number of benzene rings is 1. The van der Waals surface area contributed by atoms with Crippen LogP contribution in [-0.2, 0) is 0 Å². The van der Waals surface area contributed by atoms with E-state index in [4.69, 9.17) is 11.6 Å². The molecule has 1 aromatic carbocycles. The molecule has 0 saturated carbocycles. The summed E-state index contributed by atoms with van der Waals surface area (Å²) < 4.78 is 40.7. The van der Waals surface area contributed by atoms with Gasteiger partial charge in [-0.05, 0) is 18.6 Å². The maximum atomic E-state index is 13.9. The second-order valence-corrected chi connectivity index (χ2v) is 5.04. The molecule has 21 heavy (non-hydrogen) atoms. The van der Waals surface area contributed by atoms with Crippen LogP contribution in [0.2, 0.25) is 5.02 Å². The third-order valence-corrected chi connectivity index (χ3v) is 3.90. The zero-order chi connectivity index (χ0) is 14.0. The SMILES string of the molecule is Cc1ccc(F)c([C@H](C(F)F)N2CCNCC2)c1Cl.Cl.Cl. The van der Waals surface area contributed by atoms with Gasteiger partial charge in [0.2, 0.25) is 0 Å². The van der Waals surface area contributed by atoms with Crippen LogP contribution in [0.4, 0.5) is 13.2 Å². The van der Waals surface area contributed by atoms with Gasteiger partial charge in [0.15, 0.2) is 0 Å².